The van der Waals surface area contributed by atoms with Gasteiger partial charge in [0.25, 0.3) is 0 Å². The Morgan fingerprint density at radius 3 is 2.05 bits per heavy atom. The summed E-state index contributed by atoms with van der Waals surface area (Å²) < 4.78 is 35.3. The van der Waals surface area contributed by atoms with Crippen LogP contribution in [-0.4, -0.2) is 0 Å². The Morgan fingerprint density at radius 1 is 0.818 bits per heavy atom. The zero-order chi connectivity index (χ0) is 16.2. The molecule has 1 aromatic heterocycles. The first kappa shape index (κ1) is 16.8. The number of hydrogen-bond acceptors (Lipinski definition) is 4. The molecule has 114 valence electrons. The first-order valence-electron chi connectivity index (χ1n) is 6.33. The van der Waals surface area contributed by atoms with E-state index in [2.05, 4.69) is 66.9 Å². The van der Waals surface area contributed by atoms with Gasteiger partial charge in [-0.1, -0.05) is 42.0 Å². The molecule has 0 amide bonds. The molecule has 0 aliphatic carbocycles. The minimum atomic E-state index is -4.94. The van der Waals surface area contributed by atoms with Gasteiger partial charge in [-0.25, -0.2) is 18.6 Å². The minimum Gasteiger partial charge on any atom is -0.222 e. The molecular formula is C16H13ClO4S. The van der Waals surface area contributed by atoms with Crippen molar-refractivity contribution in [3.05, 3.63) is 65.5 Å². The van der Waals surface area contributed by atoms with Crippen molar-refractivity contribution in [2.24, 2.45) is 0 Å². The molecule has 0 unspecified atom stereocenters. The van der Waals surface area contributed by atoms with Crippen molar-refractivity contribution in [2.45, 2.75) is 6.92 Å². The molecule has 0 saturated heterocycles. The molecule has 1 heterocycles. The highest BCUT2D eigenvalue weighted by molar-refractivity contribution is 7.16. The Hall–Kier alpha value is -1.60. The number of fused-ring (bicyclic) bond motifs is 1. The fraction of sp³-hybridized carbons (Fsp3) is 0.0625. The van der Waals surface area contributed by atoms with Crippen molar-refractivity contribution in [1.29, 1.82) is 0 Å². The molecule has 0 fully saturated rings. The molecule has 0 N–H and O–H groups in total. The molecule has 22 heavy (non-hydrogen) atoms. The molecule has 6 heteroatoms. The molecule has 0 saturated carbocycles. The Kier molecular flexibility index (Phi) is 5.42. The standard InChI is InChI=1S/C16H13S.ClHO4/c1-12-6-8-13(9-7-12)14-10-11-17-16-5-3-2-4-15(14)16;2-1(3,4)5/h2-11H,1H3;(H,2,3,4,5)/q+1;/p-1. The second kappa shape index (κ2) is 7.11. The van der Waals surface area contributed by atoms with Crippen LogP contribution in [0, 0.1) is 17.2 Å². The summed E-state index contributed by atoms with van der Waals surface area (Å²) in [5.74, 6) is 0. The van der Waals surface area contributed by atoms with Crippen molar-refractivity contribution >= 4 is 21.4 Å². The van der Waals surface area contributed by atoms with Crippen LogP contribution in [0.15, 0.2) is 60.0 Å². The summed E-state index contributed by atoms with van der Waals surface area (Å²) in [7, 11) is -4.94. The fourth-order valence-electron chi connectivity index (χ4n) is 2.04. The van der Waals surface area contributed by atoms with Crippen molar-refractivity contribution in [3.63, 3.8) is 0 Å². The summed E-state index contributed by atoms with van der Waals surface area (Å²) in [6.07, 6.45) is 0. The number of benzene rings is 2. The van der Waals surface area contributed by atoms with Gasteiger partial charge < -0.3 is 0 Å². The lowest BCUT2D eigenvalue weighted by Crippen LogP contribution is -2.68. The predicted octanol–water partition coefficient (Wildman–Crippen LogP) is 0.402. The van der Waals surface area contributed by atoms with Gasteiger partial charge >= 0.3 is 0 Å². The minimum absolute atomic E-state index is 1.29. The third-order valence-electron chi connectivity index (χ3n) is 2.97. The highest BCUT2D eigenvalue weighted by Gasteiger charge is 2.09. The average Bonchev–Trinajstić information content (AvgIpc) is 2.46. The summed E-state index contributed by atoms with van der Waals surface area (Å²) in [6, 6.07) is 19.5. The lowest BCUT2D eigenvalue weighted by atomic mass is 10.0. The summed E-state index contributed by atoms with van der Waals surface area (Å²) in [4.78, 5) is 0. The first-order chi connectivity index (χ1) is 10.3. The van der Waals surface area contributed by atoms with Gasteiger partial charge in [0.05, 0.1) is 0 Å². The van der Waals surface area contributed by atoms with E-state index in [-0.39, 0.29) is 0 Å². The van der Waals surface area contributed by atoms with Crippen LogP contribution in [0.4, 0.5) is 0 Å². The van der Waals surface area contributed by atoms with E-state index in [1.165, 1.54) is 26.8 Å². The molecular weight excluding hydrogens is 324 g/mol. The lowest BCUT2D eigenvalue weighted by Gasteiger charge is -2.17. The second-order valence-corrected chi connectivity index (χ2v) is 6.28. The van der Waals surface area contributed by atoms with Crippen LogP contribution < -0.4 is 18.6 Å². The van der Waals surface area contributed by atoms with Gasteiger partial charge in [0.1, 0.15) is 0 Å². The Bertz CT molecular complexity index is 743. The van der Waals surface area contributed by atoms with Crippen LogP contribution in [0.25, 0.3) is 21.2 Å². The fourth-order valence-corrected chi connectivity index (χ4v) is 2.85. The largest absolute Gasteiger partial charge is 0.238 e. The molecule has 2 aromatic carbocycles. The van der Waals surface area contributed by atoms with E-state index in [1.807, 2.05) is 0 Å². The third kappa shape index (κ3) is 4.99. The molecule has 4 nitrogen and oxygen atoms in total. The Labute approximate surface area is 134 Å². The van der Waals surface area contributed by atoms with Gasteiger partial charge in [-0.2, -0.15) is 0 Å². The van der Waals surface area contributed by atoms with Gasteiger partial charge in [-0.05, 0) is 24.1 Å². The quantitative estimate of drug-likeness (QED) is 0.601. The van der Waals surface area contributed by atoms with Gasteiger partial charge in [-0.15, -0.1) is 10.2 Å². The van der Waals surface area contributed by atoms with Gasteiger partial charge in [-0.3, -0.25) is 0 Å². The Morgan fingerprint density at radius 2 is 1.41 bits per heavy atom. The normalized spacial score (nSPS) is 11.0. The van der Waals surface area contributed by atoms with Gasteiger partial charge in [0, 0.05) is 17.5 Å². The van der Waals surface area contributed by atoms with Crippen LogP contribution in [-0.2, 0) is 0 Å². The molecule has 3 rings (SSSR count). The van der Waals surface area contributed by atoms with Gasteiger partial charge in [0.15, 0.2) is 5.38 Å². The zero-order valence-corrected chi connectivity index (χ0v) is 13.3. The first-order valence-corrected chi connectivity index (χ1v) is 8.44. The van der Waals surface area contributed by atoms with E-state index in [0.29, 0.717) is 0 Å². The summed E-state index contributed by atoms with van der Waals surface area (Å²) in [6.45, 7) is 2.12. The summed E-state index contributed by atoms with van der Waals surface area (Å²) >= 11 is 1.79. The van der Waals surface area contributed by atoms with E-state index in [1.54, 1.807) is 11.3 Å². The maximum atomic E-state index is 8.49. The maximum Gasteiger partial charge on any atom is 0.238 e. The highest BCUT2D eigenvalue weighted by atomic mass is 35.7. The van der Waals surface area contributed by atoms with Gasteiger partial charge in [0.2, 0.25) is 16.0 Å². The van der Waals surface area contributed by atoms with Crippen molar-refractivity contribution in [3.8, 4) is 11.1 Å². The predicted molar refractivity (Wildman–Crippen MR) is 76.4 cm³/mol. The number of rotatable bonds is 1. The van der Waals surface area contributed by atoms with Crippen LogP contribution >= 0.6 is 11.3 Å². The average molecular weight is 337 g/mol. The van der Waals surface area contributed by atoms with Crippen LogP contribution in [0.5, 0.6) is 0 Å². The summed E-state index contributed by atoms with van der Waals surface area (Å²) in [5.41, 5.74) is 3.91. The molecule has 3 aromatic rings. The van der Waals surface area contributed by atoms with E-state index in [0.717, 1.165) is 0 Å². The van der Waals surface area contributed by atoms with E-state index in [4.69, 9.17) is 18.6 Å². The molecule has 0 bridgehead atoms. The topological polar surface area (TPSA) is 92.2 Å². The smallest absolute Gasteiger partial charge is 0.222 e. The summed E-state index contributed by atoms with van der Waals surface area (Å²) in [5, 5.41) is 3.50. The van der Waals surface area contributed by atoms with Crippen LogP contribution in [0.1, 0.15) is 5.56 Å². The van der Waals surface area contributed by atoms with Crippen LogP contribution in [0.3, 0.4) is 0 Å². The zero-order valence-electron chi connectivity index (χ0n) is 11.7. The highest BCUT2D eigenvalue weighted by Crippen LogP contribution is 2.30. The number of hydrogen-bond donors (Lipinski definition) is 0. The molecule has 0 spiro atoms. The monoisotopic (exact) mass is 336 g/mol. The third-order valence-corrected chi connectivity index (χ3v) is 3.85. The molecule has 0 radical (unpaired) electrons. The maximum absolute atomic E-state index is 8.49. The molecule has 0 aliphatic heterocycles. The van der Waals surface area contributed by atoms with Crippen molar-refractivity contribution < 1.29 is 28.9 Å². The van der Waals surface area contributed by atoms with E-state index in [9.17, 15) is 0 Å². The Balaban J connectivity index is 0.000000309. The second-order valence-electron chi connectivity index (χ2n) is 4.57. The lowest BCUT2D eigenvalue weighted by molar-refractivity contribution is -2.00. The van der Waals surface area contributed by atoms with E-state index >= 15 is 0 Å². The molecule has 0 aliphatic rings. The van der Waals surface area contributed by atoms with Crippen molar-refractivity contribution in [2.75, 3.05) is 0 Å². The number of aryl methyl sites for hydroxylation is 1. The SMILES string of the molecule is Cc1ccc(-c2cc[s+]c3ccccc23)cc1.[O-][Cl+3]([O-])([O-])[O-]. The van der Waals surface area contributed by atoms with E-state index < -0.39 is 10.2 Å². The number of halogens is 1. The molecule has 0 atom stereocenters. The van der Waals surface area contributed by atoms with Crippen LogP contribution in [0.2, 0.25) is 0 Å². The van der Waals surface area contributed by atoms with Crippen molar-refractivity contribution in [1.82, 2.24) is 0 Å².